The highest BCUT2D eigenvalue weighted by atomic mass is 16.6. The molecule has 0 spiro atoms. The van der Waals surface area contributed by atoms with Crippen molar-refractivity contribution in [3.63, 3.8) is 0 Å². The molecule has 1 aromatic rings. The van der Waals surface area contributed by atoms with Crippen molar-refractivity contribution in [1.82, 2.24) is 4.98 Å². The lowest BCUT2D eigenvalue weighted by Crippen LogP contribution is -2.47. The average Bonchev–Trinajstić information content (AvgIpc) is 2.39. The van der Waals surface area contributed by atoms with Crippen LogP contribution >= 0.6 is 0 Å². The molecule has 2 rings (SSSR count). The normalized spacial score (nSPS) is 21.7. The van der Waals surface area contributed by atoms with Crippen molar-refractivity contribution in [3.05, 3.63) is 28.4 Å². The van der Waals surface area contributed by atoms with E-state index in [0.29, 0.717) is 19.7 Å². The Bertz CT molecular complexity index is 421. The molecule has 0 amide bonds. The van der Waals surface area contributed by atoms with Crippen molar-refractivity contribution < 1.29 is 14.8 Å². The Balaban J connectivity index is 2.09. The Morgan fingerprint density at radius 2 is 2.44 bits per heavy atom. The number of nitro groups is 1. The van der Waals surface area contributed by atoms with Crippen LogP contribution in [0.25, 0.3) is 0 Å². The summed E-state index contributed by atoms with van der Waals surface area (Å²) in [6.07, 6.45) is 0.690. The largest absolute Gasteiger partial charge is 0.391 e. The molecule has 1 aliphatic rings. The maximum absolute atomic E-state index is 10.5. The summed E-state index contributed by atoms with van der Waals surface area (Å²) in [5.74, 6) is -0.168. The van der Waals surface area contributed by atoms with Gasteiger partial charge in [0.1, 0.15) is 6.10 Å². The van der Waals surface area contributed by atoms with E-state index < -0.39 is 11.0 Å². The second kappa shape index (κ2) is 5.28. The second-order valence-electron chi connectivity index (χ2n) is 4.23. The van der Waals surface area contributed by atoms with E-state index in [0.717, 1.165) is 5.69 Å². The molecule has 1 N–H and O–H groups in total. The summed E-state index contributed by atoms with van der Waals surface area (Å²) >= 11 is 0. The molecule has 98 valence electrons. The lowest BCUT2D eigenvalue weighted by atomic mass is 10.2. The third-order valence-electron chi connectivity index (χ3n) is 2.92. The molecule has 7 nitrogen and oxygen atoms in total. The van der Waals surface area contributed by atoms with E-state index in [1.807, 2.05) is 4.90 Å². The number of morpholine rings is 1. The number of rotatable bonds is 3. The molecule has 18 heavy (non-hydrogen) atoms. The second-order valence-corrected chi connectivity index (χ2v) is 4.23. The highest BCUT2D eigenvalue weighted by molar-refractivity contribution is 5.47. The van der Waals surface area contributed by atoms with Crippen LogP contribution in [0, 0.1) is 10.1 Å². The molecule has 1 aliphatic heterocycles. The van der Waals surface area contributed by atoms with Crippen LogP contribution in [0.3, 0.4) is 0 Å². The molecule has 1 saturated heterocycles. The van der Waals surface area contributed by atoms with Gasteiger partial charge in [-0.3, -0.25) is 0 Å². The summed E-state index contributed by atoms with van der Waals surface area (Å²) in [5.41, 5.74) is 0.801. The Hall–Kier alpha value is -1.73. The van der Waals surface area contributed by atoms with E-state index in [1.165, 1.54) is 12.3 Å². The van der Waals surface area contributed by atoms with Crippen molar-refractivity contribution in [2.75, 3.05) is 24.6 Å². The van der Waals surface area contributed by atoms with Gasteiger partial charge in [-0.15, -0.1) is 0 Å². The van der Waals surface area contributed by atoms with Crippen molar-refractivity contribution in [2.45, 2.75) is 19.1 Å². The van der Waals surface area contributed by atoms with Crippen LogP contribution < -0.4 is 4.90 Å². The first-order valence-electron chi connectivity index (χ1n) is 5.73. The fraction of sp³-hybridized carbons (Fsp3) is 0.545. The zero-order valence-corrected chi connectivity index (χ0v) is 10.0. The molecular formula is C11H15N3O4. The minimum atomic E-state index is -0.543. The number of hydrogen-bond donors (Lipinski definition) is 1. The van der Waals surface area contributed by atoms with E-state index >= 15 is 0 Å². The minimum absolute atomic E-state index is 0.168. The van der Waals surface area contributed by atoms with Crippen molar-refractivity contribution in [1.29, 1.82) is 0 Å². The lowest BCUT2D eigenvalue weighted by Gasteiger charge is -2.35. The Morgan fingerprint density at radius 3 is 3.00 bits per heavy atom. The number of pyridine rings is 1. The summed E-state index contributed by atoms with van der Waals surface area (Å²) in [7, 11) is 0. The monoisotopic (exact) mass is 253 g/mol. The van der Waals surface area contributed by atoms with E-state index in [4.69, 9.17) is 4.74 Å². The third kappa shape index (κ3) is 2.74. The van der Waals surface area contributed by atoms with Crippen LogP contribution in [-0.2, 0) is 4.74 Å². The van der Waals surface area contributed by atoms with Gasteiger partial charge in [-0.2, -0.15) is 0 Å². The van der Waals surface area contributed by atoms with Crippen molar-refractivity contribution in [3.8, 4) is 0 Å². The number of anilines is 1. The molecule has 7 heteroatoms. The lowest BCUT2D eigenvalue weighted by molar-refractivity contribution is -0.389. The molecule has 0 saturated carbocycles. The van der Waals surface area contributed by atoms with Crippen LogP contribution in [-0.4, -0.2) is 46.9 Å². The van der Waals surface area contributed by atoms with E-state index in [2.05, 4.69) is 4.98 Å². The third-order valence-corrected chi connectivity index (χ3v) is 2.92. The summed E-state index contributed by atoms with van der Waals surface area (Å²) in [5, 5.41) is 20.0. The number of aliphatic hydroxyl groups is 1. The highest BCUT2D eigenvalue weighted by Crippen LogP contribution is 2.20. The highest BCUT2D eigenvalue weighted by Gasteiger charge is 2.25. The van der Waals surface area contributed by atoms with Gasteiger partial charge in [0.25, 0.3) is 0 Å². The zero-order valence-electron chi connectivity index (χ0n) is 10.0. The van der Waals surface area contributed by atoms with Gasteiger partial charge >= 0.3 is 5.82 Å². The van der Waals surface area contributed by atoms with Crippen LogP contribution in [0.5, 0.6) is 0 Å². The maximum Gasteiger partial charge on any atom is 0.363 e. The fourth-order valence-electron chi connectivity index (χ4n) is 1.88. The number of aliphatic hydroxyl groups excluding tert-OH is 1. The molecule has 1 fully saturated rings. The smallest absolute Gasteiger partial charge is 0.363 e. The molecular weight excluding hydrogens is 238 g/mol. The van der Waals surface area contributed by atoms with Gasteiger partial charge in [0.15, 0.2) is 6.20 Å². The molecule has 0 bridgehead atoms. The predicted molar refractivity (Wildman–Crippen MR) is 64.5 cm³/mol. The van der Waals surface area contributed by atoms with Gasteiger partial charge in [-0.05, 0) is 22.9 Å². The van der Waals surface area contributed by atoms with E-state index in [-0.39, 0.29) is 11.9 Å². The van der Waals surface area contributed by atoms with Crippen LogP contribution in [0.15, 0.2) is 18.3 Å². The summed E-state index contributed by atoms with van der Waals surface area (Å²) in [6.45, 7) is 3.44. The van der Waals surface area contributed by atoms with Gasteiger partial charge in [0.2, 0.25) is 0 Å². The topological polar surface area (TPSA) is 88.7 Å². The van der Waals surface area contributed by atoms with Crippen LogP contribution in [0.1, 0.15) is 6.92 Å². The minimum Gasteiger partial charge on any atom is -0.391 e. The van der Waals surface area contributed by atoms with Crippen molar-refractivity contribution >= 4 is 11.5 Å². The SMILES string of the molecule is CC(O)C1CN(c2ccc([N+](=O)[O-])nc2)CCO1. The summed E-state index contributed by atoms with van der Waals surface area (Å²) < 4.78 is 5.43. The number of aromatic nitrogens is 1. The van der Waals surface area contributed by atoms with E-state index in [1.54, 1.807) is 13.0 Å². The quantitative estimate of drug-likeness (QED) is 0.626. The first kappa shape index (κ1) is 12.7. The fourth-order valence-corrected chi connectivity index (χ4v) is 1.88. The molecule has 2 heterocycles. The van der Waals surface area contributed by atoms with E-state index in [9.17, 15) is 15.2 Å². The standard InChI is InChI=1S/C11H15N3O4/c1-8(15)10-7-13(4-5-18-10)9-2-3-11(12-6-9)14(16)17/h2-3,6,8,10,15H,4-5,7H2,1H3. The predicted octanol–water partition coefficient (Wildman–Crippen LogP) is 0.576. The van der Waals surface area contributed by atoms with Crippen molar-refractivity contribution in [2.24, 2.45) is 0 Å². The van der Waals surface area contributed by atoms with Gasteiger partial charge in [-0.25, -0.2) is 0 Å². The summed E-state index contributed by atoms with van der Waals surface area (Å²) in [6, 6.07) is 3.04. The Labute approximate surface area is 104 Å². The molecule has 2 atom stereocenters. The van der Waals surface area contributed by atoms with Gasteiger partial charge in [0, 0.05) is 19.2 Å². The molecule has 1 aromatic heterocycles. The first-order valence-corrected chi connectivity index (χ1v) is 5.73. The molecule has 0 aliphatic carbocycles. The first-order chi connectivity index (χ1) is 8.58. The average molecular weight is 253 g/mol. The summed E-state index contributed by atoms with van der Waals surface area (Å²) in [4.78, 5) is 15.8. The van der Waals surface area contributed by atoms with Gasteiger partial charge in [-0.1, -0.05) is 0 Å². The van der Waals surface area contributed by atoms with Gasteiger partial charge in [0.05, 0.1) is 18.4 Å². The molecule has 0 aromatic carbocycles. The van der Waals surface area contributed by atoms with Crippen LogP contribution in [0.4, 0.5) is 11.5 Å². The molecule has 0 radical (unpaired) electrons. The van der Waals surface area contributed by atoms with Crippen LogP contribution in [0.2, 0.25) is 0 Å². The number of nitrogens with zero attached hydrogens (tertiary/aromatic N) is 3. The Morgan fingerprint density at radius 1 is 1.67 bits per heavy atom. The number of ether oxygens (including phenoxy) is 1. The maximum atomic E-state index is 10.5. The molecule has 2 unspecified atom stereocenters. The van der Waals surface area contributed by atoms with Gasteiger partial charge < -0.3 is 24.9 Å². The Kier molecular flexibility index (Phi) is 3.73. The number of hydrogen-bond acceptors (Lipinski definition) is 6. The zero-order chi connectivity index (χ0) is 13.1.